The number of nitrogens with zero attached hydrogens (tertiary/aromatic N) is 4. The van der Waals surface area contributed by atoms with Crippen LogP contribution in [0.3, 0.4) is 0 Å². The summed E-state index contributed by atoms with van der Waals surface area (Å²) >= 11 is 5.85. The lowest BCUT2D eigenvalue weighted by Crippen LogP contribution is -2.49. The van der Waals surface area contributed by atoms with E-state index in [0.717, 1.165) is 6.07 Å². The van der Waals surface area contributed by atoms with E-state index in [1.54, 1.807) is 4.90 Å². The van der Waals surface area contributed by atoms with E-state index < -0.39 is 23.8 Å². The van der Waals surface area contributed by atoms with Gasteiger partial charge in [0.05, 0.1) is 10.7 Å². The molecule has 1 aliphatic heterocycles. The minimum absolute atomic E-state index is 0.135. The van der Waals surface area contributed by atoms with Crippen LogP contribution >= 0.6 is 11.6 Å². The van der Waals surface area contributed by atoms with Crippen LogP contribution in [0, 0.1) is 18.6 Å². The zero-order chi connectivity index (χ0) is 20.4. The molecule has 1 fully saturated rings. The number of carbonyl (C=O) groups is 1. The topological polar surface area (TPSA) is 41.4 Å². The van der Waals surface area contributed by atoms with Crippen LogP contribution in [0.25, 0.3) is 0 Å². The molecule has 2 heterocycles. The van der Waals surface area contributed by atoms with Gasteiger partial charge in [0.2, 0.25) is 5.91 Å². The second kappa shape index (κ2) is 8.48. The molecule has 1 aliphatic rings. The Morgan fingerprint density at radius 3 is 2.50 bits per heavy atom. The van der Waals surface area contributed by atoms with Crippen molar-refractivity contribution in [2.45, 2.75) is 26.4 Å². The third-order valence-corrected chi connectivity index (χ3v) is 5.27. The lowest BCUT2D eigenvalue weighted by Gasteiger charge is -2.34. The maximum absolute atomic E-state index is 13.8. The molecule has 0 bridgehead atoms. The van der Waals surface area contributed by atoms with Gasteiger partial charge < -0.3 is 4.90 Å². The van der Waals surface area contributed by atoms with E-state index in [1.165, 1.54) is 23.7 Å². The van der Waals surface area contributed by atoms with E-state index in [-0.39, 0.29) is 29.6 Å². The summed E-state index contributed by atoms with van der Waals surface area (Å²) in [7, 11) is 0. The molecule has 3 rings (SSSR count). The normalized spacial score (nSPS) is 15.5. The molecule has 0 N–H and O–H groups in total. The molecular weight excluding hydrogens is 400 g/mol. The van der Waals surface area contributed by atoms with Crippen molar-refractivity contribution in [3.8, 4) is 0 Å². The first kappa shape index (κ1) is 20.6. The van der Waals surface area contributed by atoms with Crippen molar-refractivity contribution < 1.29 is 22.4 Å². The van der Waals surface area contributed by atoms with Gasteiger partial charge in [-0.3, -0.25) is 14.4 Å². The number of aromatic nitrogens is 2. The molecule has 152 valence electrons. The van der Waals surface area contributed by atoms with E-state index in [2.05, 4.69) is 5.10 Å². The van der Waals surface area contributed by atoms with Gasteiger partial charge in [0, 0.05) is 38.3 Å². The summed E-state index contributed by atoms with van der Waals surface area (Å²) in [6, 6.07) is 4.05. The van der Waals surface area contributed by atoms with Gasteiger partial charge in [-0.2, -0.15) is 5.10 Å². The van der Waals surface area contributed by atoms with Crippen molar-refractivity contribution in [1.82, 2.24) is 19.6 Å². The van der Waals surface area contributed by atoms with Gasteiger partial charge in [-0.05, 0) is 13.0 Å². The third-order valence-electron chi connectivity index (χ3n) is 4.80. The van der Waals surface area contributed by atoms with Crippen molar-refractivity contribution in [3.63, 3.8) is 0 Å². The maximum Gasteiger partial charge on any atom is 0.283 e. The van der Waals surface area contributed by atoms with Crippen LogP contribution in [0.5, 0.6) is 0 Å². The predicted octanol–water partition coefficient (Wildman–Crippen LogP) is 3.41. The molecule has 1 amide bonds. The summed E-state index contributed by atoms with van der Waals surface area (Å²) in [5.41, 5.74) is 0.0422. The molecule has 0 saturated carbocycles. The van der Waals surface area contributed by atoms with Crippen LogP contribution in [0.1, 0.15) is 23.4 Å². The Labute approximate surface area is 164 Å². The van der Waals surface area contributed by atoms with E-state index in [0.29, 0.717) is 31.9 Å². The van der Waals surface area contributed by atoms with Gasteiger partial charge in [0.1, 0.15) is 12.2 Å². The Morgan fingerprint density at radius 2 is 1.89 bits per heavy atom. The average Bonchev–Trinajstić information content (AvgIpc) is 2.94. The highest BCUT2D eigenvalue weighted by Crippen LogP contribution is 2.28. The van der Waals surface area contributed by atoms with Gasteiger partial charge in [-0.25, -0.2) is 17.6 Å². The van der Waals surface area contributed by atoms with Gasteiger partial charge in [-0.1, -0.05) is 23.7 Å². The number of hydrogen-bond acceptors (Lipinski definition) is 3. The molecule has 0 aliphatic carbocycles. The standard InChI is InChI=1S/C18H19ClF4N4O/c1-11-15(19)17(18(22)23)24-27(11)10-14(28)26-7-5-25(6-8-26)9-12-3-2-4-13(20)16(12)21/h2-4,18H,5-10H2,1H3. The fourth-order valence-corrected chi connectivity index (χ4v) is 3.35. The fourth-order valence-electron chi connectivity index (χ4n) is 3.14. The number of piperazine rings is 1. The van der Waals surface area contributed by atoms with Gasteiger partial charge >= 0.3 is 0 Å². The zero-order valence-corrected chi connectivity index (χ0v) is 15.9. The Kier molecular flexibility index (Phi) is 6.24. The Morgan fingerprint density at radius 1 is 1.21 bits per heavy atom. The van der Waals surface area contributed by atoms with Crippen LogP contribution in [0.2, 0.25) is 5.02 Å². The molecule has 1 aromatic carbocycles. The molecular formula is C18H19ClF4N4O. The van der Waals surface area contributed by atoms with Crippen LogP contribution in [-0.2, 0) is 17.9 Å². The van der Waals surface area contributed by atoms with E-state index in [1.807, 2.05) is 4.90 Å². The summed E-state index contributed by atoms with van der Waals surface area (Å²) in [6.07, 6.45) is -2.81. The molecule has 28 heavy (non-hydrogen) atoms. The van der Waals surface area contributed by atoms with Crippen molar-refractivity contribution in [2.75, 3.05) is 26.2 Å². The number of hydrogen-bond donors (Lipinski definition) is 0. The van der Waals surface area contributed by atoms with Gasteiger partial charge in [-0.15, -0.1) is 0 Å². The first-order valence-corrected chi connectivity index (χ1v) is 9.09. The van der Waals surface area contributed by atoms with E-state index in [4.69, 9.17) is 11.6 Å². The van der Waals surface area contributed by atoms with Gasteiger partial charge in [0.15, 0.2) is 11.6 Å². The molecule has 0 radical (unpaired) electrons. The lowest BCUT2D eigenvalue weighted by atomic mass is 10.1. The van der Waals surface area contributed by atoms with Crippen molar-refractivity contribution in [2.24, 2.45) is 0 Å². The number of halogens is 5. The maximum atomic E-state index is 13.8. The largest absolute Gasteiger partial charge is 0.339 e. The van der Waals surface area contributed by atoms with Crippen molar-refractivity contribution in [1.29, 1.82) is 0 Å². The minimum atomic E-state index is -2.81. The first-order valence-electron chi connectivity index (χ1n) is 8.72. The second-order valence-electron chi connectivity index (χ2n) is 6.61. The number of alkyl halides is 2. The van der Waals surface area contributed by atoms with Crippen molar-refractivity contribution in [3.05, 3.63) is 51.8 Å². The lowest BCUT2D eigenvalue weighted by molar-refractivity contribution is -0.133. The molecule has 0 atom stereocenters. The van der Waals surface area contributed by atoms with Crippen LogP contribution < -0.4 is 0 Å². The van der Waals surface area contributed by atoms with Crippen LogP contribution in [0.4, 0.5) is 17.6 Å². The minimum Gasteiger partial charge on any atom is -0.339 e. The monoisotopic (exact) mass is 418 g/mol. The Hall–Kier alpha value is -2.13. The average molecular weight is 419 g/mol. The molecule has 1 aromatic heterocycles. The third kappa shape index (κ3) is 4.30. The highest BCUT2D eigenvalue weighted by atomic mass is 35.5. The number of rotatable bonds is 5. The van der Waals surface area contributed by atoms with Crippen LogP contribution in [0.15, 0.2) is 18.2 Å². The summed E-state index contributed by atoms with van der Waals surface area (Å²) in [6.45, 7) is 3.36. The molecule has 10 heteroatoms. The summed E-state index contributed by atoms with van der Waals surface area (Å²) in [5.74, 6) is -2.01. The highest BCUT2D eigenvalue weighted by molar-refractivity contribution is 6.31. The van der Waals surface area contributed by atoms with Gasteiger partial charge in [0.25, 0.3) is 6.43 Å². The fraction of sp³-hybridized carbons (Fsp3) is 0.444. The summed E-state index contributed by atoms with van der Waals surface area (Å²) in [5, 5.41) is 3.60. The number of carbonyl (C=O) groups excluding carboxylic acids is 1. The molecule has 1 saturated heterocycles. The summed E-state index contributed by atoms with van der Waals surface area (Å²) in [4.78, 5) is 16.0. The predicted molar refractivity (Wildman–Crippen MR) is 95.1 cm³/mol. The van der Waals surface area contributed by atoms with E-state index >= 15 is 0 Å². The summed E-state index contributed by atoms with van der Waals surface area (Å²) < 4.78 is 54.0. The van der Waals surface area contributed by atoms with Crippen molar-refractivity contribution >= 4 is 17.5 Å². The Bertz CT molecular complexity index is 866. The number of benzene rings is 1. The molecule has 0 unspecified atom stereocenters. The molecule has 2 aromatic rings. The Balaban J connectivity index is 1.57. The first-order chi connectivity index (χ1) is 13.3. The SMILES string of the molecule is Cc1c(Cl)c(C(F)F)nn1CC(=O)N1CCN(Cc2cccc(F)c2F)CC1. The molecule has 5 nitrogen and oxygen atoms in total. The molecule has 0 spiro atoms. The highest BCUT2D eigenvalue weighted by Gasteiger charge is 2.25. The quantitative estimate of drug-likeness (QED) is 0.699. The number of amides is 1. The van der Waals surface area contributed by atoms with E-state index in [9.17, 15) is 22.4 Å². The van der Waals surface area contributed by atoms with Crippen LogP contribution in [-0.4, -0.2) is 51.7 Å². The second-order valence-corrected chi connectivity index (χ2v) is 6.99. The smallest absolute Gasteiger partial charge is 0.283 e. The zero-order valence-electron chi connectivity index (χ0n) is 15.1.